The number of alkyl halides is 1. The number of nitrogens with one attached hydrogen (secondary N) is 2. The van der Waals surface area contributed by atoms with Gasteiger partial charge in [-0.3, -0.25) is 14.4 Å². The summed E-state index contributed by atoms with van der Waals surface area (Å²) in [6, 6.07) is 7.95. The molecule has 1 aliphatic rings. The molecule has 1 aromatic carbocycles. The van der Waals surface area contributed by atoms with Gasteiger partial charge in [-0.05, 0) is 24.3 Å². The Balaban J connectivity index is 1.85. The first-order valence-electron chi connectivity index (χ1n) is 9.96. The number of carbonyl (C=O) groups excluding carboxylic acids is 4. The molecule has 0 bridgehead atoms. The second-order valence-corrected chi connectivity index (χ2v) is 8.05. The third kappa shape index (κ3) is 6.83. The molecule has 9 heteroatoms. The minimum atomic E-state index is -0.775. The number of nitrogens with zero attached hydrogens (tertiary/aromatic N) is 1. The van der Waals surface area contributed by atoms with E-state index in [-0.39, 0.29) is 36.1 Å². The van der Waals surface area contributed by atoms with E-state index in [0.29, 0.717) is 13.0 Å². The van der Waals surface area contributed by atoms with Gasteiger partial charge in [0.15, 0.2) is 5.78 Å². The number of hydrogen-bond donors (Lipinski definition) is 2. The number of Topliss-reactive ketones (excluding diaryl/α,β-unsaturated/α-hetero) is 1. The van der Waals surface area contributed by atoms with E-state index in [1.54, 1.807) is 4.90 Å². The summed E-state index contributed by atoms with van der Waals surface area (Å²) in [5.41, 5.74) is 0.834. The molecule has 0 aromatic heterocycles. The van der Waals surface area contributed by atoms with Crippen molar-refractivity contribution in [3.63, 3.8) is 0 Å². The quantitative estimate of drug-likeness (QED) is 0.524. The summed E-state index contributed by atoms with van der Waals surface area (Å²) in [5, 5.41) is 5.25. The maximum atomic E-state index is 13.0. The summed E-state index contributed by atoms with van der Waals surface area (Å²) in [5.74, 6) is -0.993. The molecule has 2 atom stereocenters. The van der Waals surface area contributed by atoms with Crippen LogP contribution >= 0.6 is 15.9 Å². The fraction of sp³-hybridized carbons (Fsp3) is 0.524. The lowest BCUT2D eigenvalue weighted by Crippen LogP contribution is -2.55. The van der Waals surface area contributed by atoms with E-state index < -0.39 is 24.1 Å². The Morgan fingerprint density at radius 3 is 2.53 bits per heavy atom. The molecule has 0 aliphatic carbocycles. The Labute approximate surface area is 184 Å². The predicted octanol–water partition coefficient (Wildman–Crippen LogP) is 2.01. The van der Waals surface area contributed by atoms with Crippen LogP contribution in [0.4, 0.5) is 4.79 Å². The van der Waals surface area contributed by atoms with Crippen LogP contribution in [0.2, 0.25) is 0 Å². The molecule has 0 unspecified atom stereocenters. The van der Waals surface area contributed by atoms with Gasteiger partial charge in [0.2, 0.25) is 11.8 Å². The molecule has 1 saturated heterocycles. The molecule has 1 aliphatic heterocycles. The van der Waals surface area contributed by atoms with E-state index in [0.717, 1.165) is 12.0 Å². The molecule has 2 N–H and O–H groups in total. The van der Waals surface area contributed by atoms with Crippen LogP contribution in [0, 0.1) is 5.92 Å². The van der Waals surface area contributed by atoms with Crippen LogP contribution < -0.4 is 10.6 Å². The lowest BCUT2D eigenvalue weighted by atomic mass is 10.0. The maximum Gasteiger partial charge on any atom is 0.407 e. The molecule has 1 heterocycles. The predicted molar refractivity (Wildman–Crippen MR) is 115 cm³/mol. The van der Waals surface area contributed by atoms with E-state index in [1.165, 1.54) is 0 Å². The number of hydrogen-bond acceptors (Lipinski definition) is 5. The molecule has 1 fully saturated rings. The van der Waals surface area contributed by atoms with Crippen molar-refractivity contribution in [2.75, 3.05) is 18.4 Å². The third-order valence-corrected chi connectivity index (χ3v) is 5.45. The van der Waals surface area contributed by atoms with Gasteiger partial charge in [0, 0.05) is 6.54 Å². The summed E-state index contributed by atoms with van der Waals surface area (Å²) in [4.78, 5) is 50.7. The van der Waals surface area contributed by atoms with Gasteiger partial charge in [0.1, 0.15) is 19.2 Å². The third-order valence-electron chi connectivity index (χ3n) is 4.89. The minimum Gasteiger partial charge on any atom is -0.445 e. The van der Waals surface area contributed by atoms with Crippen molar-refractivity contribution in [3.05, 3.63) is 35.9 Å². The Hall–Kier alpha value is -2.42. The highest BCUT2D eigenvalue weighted by Crippen LogP contribution is 2.21. The van der Waals surface area contributed by atoms with Gasteiger partial charge in [0.25, 0.3) is 0 Å². The highest BCUT2D eigenvalue weighted by atomic mass is 79.9. The molecule has 0 spiro atoms. The SMILES string of the molecule is CC(C)[C@H](NC(=O)CNC(=O)OCc1ccccc1)C(=O)N1CCC[C@H]1C(=O)CBr. The van der Waals surface area contributed by atoms with E-state index in [1.807, 2.05) is 44.2 Å². The summed E-state index contributed by atoms with van der Waals surface area (Å²) in [7, 11) is 0. The first-order valence-corrected chi connectivity index (χ1v) is 11.1. The van der Waals surface area contributed by atoms with Gasteiger partial charge < -0.3 is 20.3 Å². The number of benzene rings is 1. The zero-order valence-corrected chi connectivity index (χ0v) is 18.8. The summed E-state index contributed by atoms with van der Waals surface area (Å²) in [6.45, 7) is 3.92. The fourth-order valence-corrected chi connectivity index (χ4v) is 3.67. The number of alkyl carbamates (subject to hydrolysis) is 1. The average molecular weight is 482 g/mol. The zero-order chi connectivity index (χ0) is 22.1. The van der Waals surface area contributed by atoms with Crippen molar-refractivity contribution >= 4 is 39.6 Å². The van der Waals surface area contributed by atoms with E-state index in [4.69, 9.17) is 4.74 Å². The first kappa shape index (κ1) is 23.9. The average Bonchev–Trinajstić information content (AvgIpc) is 3.24. The number of ether oxygens (including phenoxy) is 1. The monoisotopic (exact) mass is 481 g/mol. The van der Waals surface area contributed by atoms with Crippen LogP contribution in [0.3, 0.4) is 0 Å². The molecule has 1 aromatic rings. The summed E-state index contributed by atoms with van der Waals surface area (Å²) in [6.07, 6.45) is 0.663. The lowest BCUT2D eigenvalue weighted by Gasteiger charge is -2.30. The number of likely N-dealkylation sites (tertiary alicyclic amines) is 1. The highest BCUT2D eigenvalue weighted by Gasteiger charge is 2.37. The van der Waals surface area contributed by atoms with Gasteiger partial charge >= 0.3 is 6.09 Å². The fourth-order valence-electron chi connectivity index (χ4n) is 3.30. The molecular weight excluding hydrogens is 454 g/mol. The van der Waals surface area contributed by atoms with Crippen LogP contribution in [-0.4, -0.2) is 59.1 Å². The van der Waals surface area contributed by atoms with Crippen molar-refractivity contribution < 1.29 is 23.9 Å². The number of amides is 3. The van der Waals surface area contributed by atoms with Crippen molar-refractivity contribution in [1.82, 2.24) is 15.5 Å². The van der Waals surface area contributed by atoms with Gasteiger partial charge in [-0.2, -0.15) is 0 Å². The Morgan fingerprint density at radius 1 is 1.20 bits per heavy atom. The Kier molecular flexibility index (Phi) is 9.29. The van der Waals surface area contributed by atoms with E-state index >= 15 is 0 Å². The van der Waals surface area contributed by atoms with Crippen LogP contribution in [-0.2, 0) is 25.7 Å². The van der Waals surface area contributed by atoms with E-state index in [2.05, 4.69) is 26.6 Å². The van der Waals surface area contributed by atoms with Crippen molar-refractivity contribution in [1.29, 1.82) is 0 Å². The molecule has 2 rings (SSSR count). The van der Waals surface area contributed by atoms with Gasteiger partial charge in [0.05, 0.1) is 11.4 Å². The molecule has 0 radical (unpaired) electrons. The van der Waals surface area contributed by atoms with Crippen molar-refractivity contribution in [2.45, 2.75) is 45.4 Å². The van der Waals surface area contributed by atoms with Gasteiger partial charge in [-0.1, -0.05) is 60.1 Å². The smallest absolute Gasteiger partial charge is 0.407 e. The minimum absolute atomic E-state index is 0.0440. The first-order chi connectivity index (χ1) is 14.3. The number of ketones is 1. The molecule has 164 valence electrons. The topological polar surface area (TPSA) is 105 Å². The number of halogens is 1. The molecule has 8 nitrogen and oxygen atoms in total. The Bertz CT molecular complexity index is 756. The van der Waals surface area contributed by atoms with Gasteiger partial charge in [-0.25, -0.2) is 4.79 Å². The second kappa shape index (κ2) is 11.7. The van der Waals surface area contributed by atoms with Crippen LogP contribution in [0.25, 0.3) is 0 Å². The Morgan fingerprint density at radius 2 is 1.90 bits per heavy atom. The molecule has 3 amide bonds. The standard InChI is InChI=1S/C21H28BrN3O5/c1-14(2)19(20(28)25-10-6-9-16(25)17(26)11-22)24-18(27)12-23-21(29)30-13-15-7-4-3-5-8-15/h3-5,7-8,14,16,19H,6,9-13H2,1-2H3,(H,23,29)(H,24,27)/t16-,19-/m0/s1. The van der Waals surface area contributed by atoms with E-state index in [9.17, 15) is 19.2 Å². The lowest BCUT2D eigenvalue weighted by molar-refractivity contribution is -0.141. The maximum absolute atomic E-state index is 13.0. The largest absolute Gasteiger partial charge is 0.445 e. The number of carbonyl (C=O) groups is 4. The molecule has 30 heavy (non-hydrogen) atoms. The van der Waals surface area contributed by atoms with Crippen molar-refractivity contribution in [3.8, 4) is 0 Å². The van der Waals surface area contributed by atoms with Crippen LogP contribution in [0.5, 0.6) is 0 Å². The van der Waals surface area contributed by atoms with Crippen LogP contribution in [0.15, 0.2) is 30.3 Å². The summed E-state index contributed by atoms with van der Waals surface area (Å²) < 4.78 is 5.07. The normalized spacial score (nSPS) is 16.8. The second-order valence-electron chi connectivity index (χ2n) is 7.49. The zero-order valence-electron chi connectivity index (χ0n) is 17.2. The molecule has 0 saturated carbocycles. The highest BCUT2D eigenvalue weighted by molar-refractivity contribution is 9.09. The van der Waals surface area contributed by atoms with Crippen LogP contribution in [0.1, 0.15) is 32.3 Å². The summed E-state index contributed by atoms with van der Waals surface area (Å²) >= 11 is 3.16. The molecular formula is C21H28BrN3O5. The van der Waals surface area contributed by atoms with Crippen molar-refractivity contribution in [2.24, 2.45) is 5.92 Å². The number of rotatable bonds is 9. The van der Waals surface area contributed by atoms with Gasteiger partial charge in [-0.15, -0.1) is 0 Å².